The zero-order valence-corrected chi connectivity index (χ0v) is 24.9. The fourth-order valence-corrected chi connectivity index (χ4v) is 6.18. The van der Waals surface area contributed by atoms with Crippen molar-refractivity contribution in [2.45, 2.75) is 76.9 Å². The van der Waals surface area contributed by atoms with Crippen LogP contribution in [0.5, 0.6) is 11.5 Å². The summed E-state index contributed by atoms with van der Waals surface area (Å²) in [4.78, 5) is 28.7. The van der Waals surface area contributed by atoms with Gasteiger partial charge in [0.05, 0.1) is 26.2 Å². The van der Waals surface area contributed by atoms with Gasteiger partial charge in [0.25, 0.3) is 0 Å². The molecule has 10 heteroatoms. The van der Waals surface area contributed by atoms with E-state index in [1.165, 1.54) is 17.8 Å². The Morgan fingerprint density at radius 2 is 1.68 bits per heavy atom. The lowest BCUT2D eigenvalue weighted by atomic mass is 9.95. The van der Waals surface area contributed by atoms with Gasteiger partial charge >= 0.3 is 0 Å². The van der Waals surface area contributed by atoms with Crippen LogP contribution in [-0.4, -0.2) is 64.2 Å². The molecule has 40 heavy (non-hydrogen) atoms. The third-order valence-electron chi connectivity index (χ3n) is 7.36. The number of nitrogens with zero attached hydrogens (tertiary/aromatic N) is 2. The van der Waals surface area contributed by atoms with Crippen LogP contribution in [0.1, 0.15) is 63.9 Å². The molecule has 0 spiro atoms. The number of hydrogen-bond acceptors (Lipinski definition) is 6. The Morgan fingerprint density at radius 1 is 1.00 bits per heavy atom. The monoisotopic (exact) mass is 573 g/mol. The summed E-state index contributed by atoms with van der Waals surface area (Å²) in [5.74, 6) is 0.810. The molecule has 1 saturated carbocycles. The van der Waals surface area contributed by atoms with E-state index in [-0.39, 0.29) is 43.8 Å². The fraction of sp³-hybridized carbons (Fsp3) is 0.533. The molecule has 2 aromatic carbocycles. The lowest BCUT2D eigenvalue weighted by Crippen LogP contribution is -2.51. The summed E-state index contributed by atoms with van der Waals surface area (Å²) in [5, 5.41) is 3.18. The molecule has 1 N–H and O–H groups in total. The average molecular weight is 574 g/mol. The molecule has 220 valence electrons. The molecule has 9 nitrogen and oxygen atoms in total. The van der Waals surface area contributed by atoms with Crippen molar-refractivity contribution in [2.24, 2.45) is 0 Å². The van der Waals surface area contributed by atoms with Crippen molar-refractivity contribution < 1.29 is 27.5 Å². The van der Waals surface area contributed by atoms with Gasteiger partial charge in [0.1, 0.15) is 17.5 Å². The minimum Gasteiger partial charge on any atom is -0.497 e. The Bertz CT molecular complexity index is 1210. The molecule has 1 aliphatic rings. The molecule has 0 bridgehead atoms. The number of benzene rings is 2. The third kappa shape index (κ3) is 8.61. The summed E-state index contributed by atoms with van der Waals surface area (Å²) in [6.45, 7) is 2.28. The topological polar surface area (TPSA) is 105 Å². The normalized spacial score (nSPS) is 14.7. The molecule has 0 unspecified atom stereocenters. The van der Waals surface area contributed by atoms with Crippen LogP contribution in [0.15, 0.2) is 48.5 Å². The number of amides is 2. The van der Waals surface area contributed by atoms with Crippen LogP contribution < -0.4 is 19.1 Å². The van der Waals surface area contributed by atoms with Crippen LogP contribution in [0, 0.1) is 0 Å². The highest BCUT2D eigenvalue weighted by molar-refractivity contribution is 7.92. The molecule has 0 aromatic heterocycles. The highest BCUT2D eigenvalue weighted by Crippen LogP contribution is 2.30. The van der Waals surface area contributed by atoms with Crippen molar-refractivity contribution in [2.75, 3.05) is 31.3 Å². The smallest absolute Gasteiger partial charge is 0.243 e. The minimum absolute atomic E-state index is 0.0878. The Morgan fingerprint density at radius 3 is 2.27 bits per heavy atom. The first-order valence-corrected chi connectivity index (χ1v) is 15.9. The second-order valence-electron chi connectivity index (χ2n) is 10.2. The number of ether oxygens (including phenoxy) is 2. The predicted molar refractivity (Wildman–Crippen MR) is 157 cm³/mol. The first-order chi connectivity index (χ1) is 19.2. The molecule has 3 rings (SSSR count). The van der Waals surface area contributed by atoms with Crippen molar-refractivity contribution in [1.29, 1.82) is 0 Å². The van der Waals surface area contributed by atoms with E-state index >= 15 is 0 Å². The van der Waals surface area contributed by atoms with Crippen LogP contribution in [0.25, 0.3) is 0 Å². The van der Waals surface area contributed by atoms with Crippen molar-refractivity contribution in [1.82, 2.24) is 10.2 Å². The van der Waals surface area contributed by atoms with Gasteiger partial charge < -0.3 is 19.7 Å². The lowest BCUT2D eigenvalue weighted by Gasteiger charge is -2.33. The maximum absolute atomic E-state index is 13.7. The van der Waals surface area contributed by atoms with Crippen molar-refractivity contribution >= 4 is 27.5 Å². The quantitative estimate of drug-likeness (QED) is 0.357. The van der Waals surface area contributed by atoms with Gasteiger partial charge in [-0.15, -0.1) is 0 Å². The number of anilines is 1. The Kier molecular flexibility index (Phi) is 11.7. The highest BCUT2D eigenvalue weighted by atomic mass is 32.2. The number of carbonyl (C=O) groups is 2. The van der Waals surface area contributed by atoms with E-state index < -0.39 is 16.1 Å². The molecule has 1 aliphatic carbocycles. The summed E-state index contributed by atoms with van der Waals surface area (Å²) in [5.41, 5.74) is 1.30. The molecule has 1 fully saturated rings. The molecule has 0 aliphatic heterocycles. The molecule has 2 aromatic rings. The number of hydrogen-bond donors (Lipinski definition) is 1. The average Bonchev–Trinajstić information content (AvgIpc) is 2.95. The van der Waals surface area contributed by atoms with Crippen LogP contribution in [0.2, 0.25) is 0 Å². The van der Waals surface area contributed by atoms with E-state index in [0.29, 0.717) is 23.6 Å². The molecule has 1 atom stereocenters. The molecule has 0 radical (unpaired) electrons. The Balaban J connectivity index is 1.78. The Hall–Kier alpha value is -3.27. The second kappa shape index (κ2) is 14.9. The highest BCUT2D eigenvalue weighted by Gasteiger charge is 2.30. The van der Waals surface area contributed by atoms with E-state index in [1.54, 1.807) is 36.3 Å². The minimum atomic E-state index is -3.62. The number of carbonyl (C=O) groups excluding carboxylic acids is 2. The molecule has 0 heterocycles. The first kappa shape index (κ1) is 31.3. The van der Waals surface area contributed by atoms with Crippen molar-refractivity contribution in [3.05, 3.63) is 54.1 Å². The summed E-state index contributed by atoms with van der Waals surface area (Å²) in [7, 11) is -0.538. The van der Waals surface area contributed by atoms with E-state index in [4.69, 9.17) is 9.47 Å². The van der Waals surface area contributed by atoms with E-state index in [9.17, 15) is 18.0 Å². The van der Waals surface area contributed by atoms with E-state index in [2.05, 4.69) is 5.32 Å². The third-order valence-corrected chi connectivity index (χ3v) is 8.54. The van der Waals surface area contributed by atoms with Crippen LogP contribution in [0.3, 0.4) is 0 Å². The van der Waals surface area contributed by atoms with E-state index in [0.717, 1.165) is 37.5 Å². The van der Waals surface area contributed by atoms with Gasteiger partial charge in [-0.1, -0.05) is 50.5 Å². The number of sulfonamides is 1. The SMILES string of the molecule is CC[C@@H](C(=O)NC1CCCCC1)N(Cc1ccc(OC)cc1)C(=O)CCCN(c1ccccc1OC)S(C)(=O)=O. The number of para-hydroxylation sites is 2. The van der Waals surface area contributed by atoms with Gasteiger partial charge in [-0.25, -0.2) is 8.42 Å². The van der Waals surface area contributed by atoms with Gasteiger partial charge in [-0.05, 0) is 55.5 Å². The lowest BCUT2D eigenvalue weighted by molar-refractivity contribution is -0.141. The van der Waals surface area contributed by atoms with Crippen LogP contribution >= 0.6 is 0 Å². The summed E-state index contributed by atoms with van der Waals surface area (Å²) in [6, 6.07) is 13.8. The standard InChI is InChI=1S/C30H43N3O6S/c1-5-26(30(35)31-24-12-7-6-8-13-24)32(22-23-17-19-25(38-2)20-18-23)29(34)16-11-21-33(40(4,36)37)27-14-9-10-15-28(27)39-3/h9-10,14-15,17-20,24,26H,5-8,11-13,16,21-22H2,1-4H3,(H,31,35)/t26-/m0/s1. The molecule has 0 saturated heterocycles. The summed E-state index contributed by atoms with van der Waals surface area (Å²) in [6.07, 6.45) is 7.27. The largest absolute Gasteiger partial charge is 0.497 e. The zero-order chi connectivity index (χ0) is 29.1. The maximum atomic E-state index is 13.7. The van der Waals surface area contributed by atoms with Gasteiger partial charge in [-0.3, -0.25) is 13.9 Å². The first-order valence-electron chi connectivity index (χ1n) is 14.0. The van der Waals surface area contributed by atoms with Crippen LogP contribution in [0.4, 0.5) is 5.69 Å². The Labute approximate surface area is 238 Å². The fourth-order valence-electron chi connectivity index (χ4n) is 5.21. The maximum Gasteiger partial charge on any atom is 0.243 e. The second-order valence-corrected chi connectivity index (χ2v) is 12.2. The van der Waals surface area contributed by atoms with Gasteiger partial charge in [0, 0.05) is 25.6 Å². The van der Waals surface area contributed by atoms with E-state index in [1.807, 2.05) is 31.2 Å². The zero-order valence-electron chi connectivity index (χ0n) is 24.1. The van der Waals surface area contributed by atoms with Crippen LogP contribution in [-0.2, 0) is 26.2 Å². The number of nitrogens with one attached hydrogen (secondary N) is 1. The number of rotatable bonds is 14. The molecule has 2 amide bonds. The van der Waals surface area contributed by atoms with Gasteiger partial charge in [-0.2, -0.15) is 0 Å². The summed E-state index contributed by atoms with van der Waals surface area (Å²) < 4.78 is 37.2. The summed E-state index contributed by atoms with van der Waals surface area (Å²) >= 11 is 0. The van der Waals surface area contributed by atoms with Crippen molar-refractivity contribution in [3.8, 4) is 11.5 Å². The predicted octanol–water partition coefficient (Wildman–Crippen LogP) is 4.51. The molecular weight excluding hydrogens is 530 g/mol. The van der Waals surface area contributed by atoms with Gasteiger partial charge in [0.15, 0.2) is 0 Å². The number of methoxy groups -OCH3 is 2. The van der Waals surface area contributed by atoms with Gasteiger partial charge in [0.2, 0.25) is 21.8 Å². The molecular formula is C30H43N3O6S. The van der Waals surface area contributed by atoms with Crippen molar-refractivity contribution in [3.63, 3.8) is 0 Å².